The van der Waals surface area contributed by atoms with E-state index in [1.54, 1.807) is 18.2 Å². The van der Waals surface area contributed by atoms with Gasteiger partial charge in [0.05, 0.1) is 6.42 Å². The second-order valence-electron chi connectivity index (χ2n) is 4.70. The van der Waals surface area contributed by atoms with Crippen molar-refractivity contribution in [2.45, 2.75) is 20.3 Å². The SMILES string of the molecule is Cc1ccc(C(=O)CC(=O)c2ccccc2C)cc1. The molecule has 0 spiro atoms. The number of hydrogen-bond acceptors (Lipinski definition) is 2. The minimum absolute atomic E-state index is 0.0755. The van der Waals surface area contributed by atoms with Gasteiger partial charge in [-0.1, -0.05) is 54.1 Å². The molecule has 2 heteroatoms. The van der Waals surface area contributed by atoms with Crippen LogP contribution in [0.15, 0.2) is 48.5 Å². The maximum atomic E-state index is 12.1. The Morgan fingerprint density at radius 2 is 1.47 bits per heavy atom. The Labute approximate surface area is 113 Å². The summed E-state index contributed by atoms with van der Waals surface area (Å²) >= 11 is 0. The van der Waals surface area contributed by atoms with Gasteiger partial charge in [0.25, 0.3) is 0 Å². The number of rotatable bonds is 4. The van der Waals surface area contributed by atoms with Crippen molar-refractivity contribution in [3.05, 3.63) is 70.8 Å². The molecule has 0 aliphatic heterocycles. The molecular weight excluding hydrogens is 236 g/mol. The van der Waals surface area contributed by atoms with Crippen molar-refractivity contribution < 1.29 is 9.59 Å². The average molecular weight is 252 g/mol. The van der Waals surface area contributed by atoms with E-state index in [0.717, 1.165) is 11.1 Å². The number of benzene rings is 2. The molecule has 0 radical (unpaired) electrons. The lowest BCUT2D eigenvalue weighted by Gasteiger charge is -2.04. The highest BCUT2D eigenvalue weighted by Crippen LogP contribution is 2.13. The first-order valence-corrected chi connectivity index (χ1v) is 6.26. The lowest BCUT2D eigenvalue weighted by Crippen LogP contribution is -2.09. The zero-order valence-electron chi connectivity index (χ0n) is 11.1. The number of hydrogen-bond donors (Lipinski definition) is 0. The van der Waals surface area contributed by atoms with Crippen molar-refractivity contribution in [2.24, 2.45) is 0 Å². The van der Waals surface area contributed by atoms with E-state index in [1.165, 1.54) is 0 Å². The fourth-order valence-corrected chi connectivity index (χ4v) is 1.97. The molecule has 0 N–H and O–H groups in total. The number of carbonyl (C=O) groups excluding carboxylic acids is 2. The molecule has 0 saturated carbocycles. The topological polar surface area (TPSA) is 34.1 Å². The molecule has 0 fully saturated rings. The summed E-state index contributed by atoms with van der Waals surface area (Å²) in [4.78, 5) is 24.1. The van der Waals surface area contributed by atoms with Gasteiger partial charge in [-0.05, 0) is 19.4 Å². The number of carbonyl (C=O) groups is 2. The number of ketones is 2. The van der Waals surface area contributed by atoms with Crippen molar-refractivity contribution in [2.75, 3.05) is 0 Å². The van der Waals surface area contributed by atoms with Gasteiger partial charge in [-0.25, -0.2) is 0 Å². The van der Waals surface area contributed by atoms with Crippen LogP contribution in [0.25, 0.3) is 0 Å². The molecule has 96 valence electrons. The predicted molar refractivity (Wildman–Crippen MR) is 75.6 cm³/mol. The predicted octanol–water partition coefficient (Wildman–Crippen LogP) is 3.76. The van der Waals surface area contributed by atoms with Gasteiger partial charge in [0.2, 0.25) is 0 Å². The summed E-state index contributed by atoms with van der Waals surface area (Å²) in [5, 5.41) is 0. The van der Waals surface area contributed by atoms with E-state index in [2.05, 4.69) is 0 Å². The third kappa shape index (κ3) is 3.16. The van der Waals surface area contributed by atoms with E-state index in [9.17, 15) is 9.59 Å². The molecule has 2 aromatic rings. The van der Waals surface area contributed by atoms with E-state index in [-0.39, 0.29) is 18.0 Å². The average Bonchev–Trinajstić information content (AvgIpc) is 2.39. The molecule has 19 heavy (non-hydrogen) atoms. The Morgan fingerprint density at radius 1 is 0.842 bits per heavy atom. The Balaban J connectivity index is 2.13. The van der Waals surface area contributed by atoms with Crippen LogP contribution in [0.5, 0.6) is 0 Å². The van der Waals surface area contributed by atoms with Gasteiger partial charge in [0.1, 0.15) is 0 Å². The minimum Gasteiger partial charge on any atom is -0.294 e. The van der Waals surface area contributed by atoms with E-state index < -0.39 is 0 Å². The monoisotopic (exact) mass is 252 g/mol. The van der Waals surface area contributed by atoms with Crippen LogP contribution in [-0.2, 0) is 0 Å². The van der Waals surface area contributed by atoms with E-state index in [0.29, 0.717) is 11.1 Å². The van der Waals surface area contributed by atoms with Crippen LogP contribution in [-0.4, -0.2) is 11.6 Å². The summed E-state index contributed by atoms with van der Waals surface area (Å²) in [6, 6.07) is 14.6. The van der Waals surface area contributed by atoms with E-state index >= 15 is 0 Å². The molecule has 2 nitrogen and oxygen atoms in total. The fourth-order valence-electron chi connectivity index (χ4n) is 1.97. The maximum absolute atomic E-state index is 12.1. The molecule has 2 aromatic carbocycles. The lowest BCUT2D eigenvalue weighted by molar-refractivity contribution is 0.0894. The summed E-state index contributed by atoms with van der Waals surface area (Å²) < 4.78 is 0. The largest absolute Gasteiger partial charge is 0.294 e. The van der Waals surface area contributed by atoms with Crippen molar-refractivity contribution >= 4 is 11.6 Å². The molecule has 0 aliphatic carbocycles. The zero-order valence-corrected chi connectivity index (χ0v) is 11.1. The second kappa shape index (κ2) is 5.61. The van der Waals surface area contributed by atoms with Gasteiger partial charge in [-0.3, -0.25) is 9.59 Å². The molecule has 0 aromatic heterocycles. The molecular formula is C17H16O2. The lowest BCUT2D eigenvalue weighted by atomic mass is 9.98. The number of aryl methyl sites for hydroxylation is 2. The highest BCUT2D eigenvalue weighted by Gasteiger charge is 2.14. The van der Waals surface area contributed by atoms with E-state index in [4.69, 9.17) is 0 Å². The summed E-state index contributed by atoms with van der Waals surface area (Å²) in [6.07, 6.45) is -0.0755. The molecule has 0 saturated heterocycles. The van der Waals surface area contributed by atoms with Gasteiger partial charge in [0, 0.05) is 11.1 Å². The molecule has 0 aliphatic rings. The fraction of sp³-hybridized carbons (Fsp3) is 0.176. The van der Waals surface area contributed by atoms with Crippen molar-refractivity contribution in [3.8, 4) is 0 Å². The quantitative estimate of drug-likeness (QED) is 0.613. The Bertz CT molecular complexity index is 609. The summed E-state index contributed by atoms with van der Waals surface area (Å²) in [5.41, 5.74) is 3.22. The molecule has 0 unspecified atom stereocenters. The minimum atomic E-state index is -0.131. The van der Waals surface area contributed by atoms with Crippen molar-refractivity contribution in [1.29, 1.82) is 0 Å². The second-order valence-corrected chi connectivity index (χ2v) is 4.70. The van der Waals surface area contributed by atoms with E-state index in [1.807, 2.05) is 44.2 Å². The highest BCUT2D eigenvalue weighted by molar-refractivity contribution is 6.13. The van der Waals surface area contributed by atoms with Crippen LogP contribution in [0, 0.1) is 13.8 Å². The van der Waals surface area contributed by atoms with Crippen LogP contribution >= 0.6 is 0 Å². The zero-order chi connectivity index (χ0) is 13.8. The van der Waals surface area contributed by atoms with Gasteiger partial charge in [0.15, 0.2) is 11.6 Å². The Morgan fingerprint density at radius 3 is 2.11 bits per heavy atom. The van der Waals surface area contributed by atoms with Crippen LogP contribution in [0.2, 0.25) is 0 Å². The van der Waals surface area contributed by atoms with Crippen molar-refractivity contribution in [1.82, 2.24) is 0 Å². The smallest absolute Gasteiger partial charge is 0.170 e. The maximum Gasteiger partial charge on any atom is 0.170 e. The molecule has 2 rings (SSSR count). The molecule has 0 bridgehead atoms. The first-order valence-electron chi connectivity index (χ1n) is 6.26. The van der Waals surface area contributed by atoms with Crippen LogP contribution < -0.4 is 0 Å². The number of Topliss-reactive ketones (excluding diaryl/α,β-unsaturated/α-hetero) is 2. The third-order valence-electron chi connectivity index (χ3n) is 3.14. The van der Waals surface area contributed by atoms with Crippen LogP contribution in [0.3, 0.4) is 0 Å². The standard InChI is InChI=1S/C17H16O2/c1-12-7-9-14(10-8-12)16(18)11-17(19)15-6-4-3-5-13(15)2/h3-10H,11H2,1-2H3. The molecule has 0 amide bonds. The van der Waals surface area contributed by atoms with Crippen LogP contribution in [0.4, 0.5) is 0 Å². The summed E-state index contributed by atoms with van der Waals surface area (Å²) in [6.45, 7) is 3.84. The van der Waals surface area contributed by atoms with Gasteiger partial charge in [-0.2, -0.15) is 0 Å². The first kappa shape index (κ1) is 13.2. The first-order chi connectivity index (χ1) is 9.08. The van der Waals surface area contributed by atoms with Crippen molar-refractivity contribution in [3.63, 3.8) is 0 Å². The Hall–Kier alpha value is -2.22. The molecule has 0 heterocycles. The van der Waals surface area contributed by atoms with Gasteiger partial charge in [-0.15, -0.1) is 0 Å². The summed E-state index contributed by atoms with van der Waals surface area (Å²) in [5.74, 6) is -0.253. The molecule has 0 atom stereocenters. The third-order valence-corrected chi connectivity index (χ3v) is 3.14. The highest BCUT2D eigenvalue weighted by atomic mass is 16.1. The normalized spacial score (nSPS) is 10.2. The Kier molecular flexibility index (Phi) is 3.91. The van der Waals surface area contributed by atoms with Crippen LogP contribution in [0.1, 0.15) is 38.3 Å². The summed E-state index contributed by atoms with van der Waals surface area (Å²) in [7, 11) is 0. The van der Waals surface area contributed by atoms with Gasteiger partial charge < -0.3 is 0 Å². The van der Waals surface area contributed by atoms with Gasteiger partial charge >= 0.3 is 0 Å².